The Morgan fingerprint density at radius 2 is 1.43 bits per heavy atom. The number of hydrogen-bond donors (Lipinski definition) is 0. The summed E-state index contributed by atoms with van der Waals surface area (Å²) < 4.78 is 17.5. The monoisotopic (exact) mass is 551 g/mol. The molecule has 1 fully saturated rings. The van der Waals surface area contributed by atoms with Gasteiger partial charge in [-0.25, -0.2) is 4.79 Å². The van der Waals surface area contributed by atoms with Gasteiger partial charge in [-0.1, -0.05) is 36.8 Å². The van der Waals surface area contributed by atoms with E-state index in [1.807, 2.05) is 18.2 Å². The number of fused-ring (bicyclic) bond motifs is 1. The van der Waals surface area contributed by atoms with Crippen LogP contribution in [0, 0.1) is 0 Å². The first kappa shape index (κ1) is 29.1. The molecule has 9 nitrogen and oxygen atoms in total. The predicted molar refractivity (Wildman–Crippen MR) is 147 cm³/mol. The summed E-state index contributed by atoms with van der Waals surface area (Å²) in [4.78, 5) is 54.7. The number of methoxy groups -OCH3 is 3. The summed E-state index contributed by atoms with van der Waals surface area (Å²) in [5.41, 5.74) is 2.98. The number of unbranched alkanes of at least 4 members (excludes halogenated alkanes) is 1. The number of benzene rings is 2. The van der Waals surface area contributed by atoms with Gasteiger partial charge < -0.3 is 23.8 Å². The van der Waals surface area contributed by atoms with Crippen molar-refractivity contribution >= 4 is 23.6 Å². The molecule has 0 aromatic heterocycles. The van der Waals surface area contributed by atoms with Gasteiger partial charge in [-0.2, -0.15) is 0 Å². The van der Waals surface area contributed by atoms with E-state index < -0.39 is 17.8 Å². The summed E-state index contributed by atoms with van der Waals surface area (Å²) in [7, 11) is 4.44. The topological polar surface area (TPSA) is 108 Å². The fraction of sp³-hybridized carbons (Fsp3) is 0.484. The van der Waals surface area contributed by atoms with Crippen LogP contribution in [0.15, 0.2) is 30.3 Å². The lowest BCUT2D eigenvalue weighted by Gasteiger charge is -2.24. The van der Waals surface area contributed by atoms with Crippen LogP contribution in [-0.2, 0) is 25.6 Å². The van der Waals surface area contributed by atoms with Crippen LogP contribution in [0.1, 0.15) is 97.2 Å². The van der Waals surface area contributed by atoms with Crippen LogP contribution in [0.4, 0.5) is 0 Å². The predicted octanol–water partition coefficient (Wildman–Crippen LogP) is 5.29. The smallest absolute Gasteiger partial charge is 0.371 e. The van der Waals surface area contributed by atoms with Crippen LogP contribution in [0.25, 0.3) is 0 Å². The van der Waals surface area contributed by atoms with Gasteiger partial charge in [0.15, 0.2) is 11.5 Å². The molecule has 2 aliphatic rings. The number of rotatable bonds is 13. The van der Waals surface area contributed by atoms with E-state index in [4.69, 9.17) is 19.0 Å². The molecule has 1 aliphatic carbocycles. The van der Waals surface area contributed by atoms with Crippen molar-refractivity contribution in [3.8, 4) is 17.2 Å². The normalized spacial score (nSPS) is 18.1. The Balaban J connectivity index is 1.77. The Kier molecular flexibility index (Phi) is 9.45. The van der Waals surface area contributed by atoms with Crippen molar-refractivity contribution < 1.29 is 38.2 Å². The largest absolute Gasteiger partial charge is 0.495 e. The van der Waals surface area contributed by atoms with Gasteiger partial charge in [0, 0.05) is 30.4 Å². The van der Waals surface area contributed by atoms with Crippen molar-refractivity contribution in [1.82, 2.24) is 5.06 Å². The van der Waals surface area contributed by atoms with E-state index in [2.05, 4.69) is 12.1 Å². The van der Waals surface area contributed by atoms with Gasteiger partial charge in [-0.05, 0) is 56.4 Å². The van der Waals surface area contributed by atoms with Crippen molar-refractivity contribution in [2.75, 3.05) is 21.3 Å². The summed E-state index contributed by atoms with van der Waals surface area (Å²) in [6, 6.07) is 10.2. The van der Waals surface area contributed by atoms with Gasteiger partial charge in [0.2, 0.25) is 0 Å². The zero-order chi connectivity index (χ0) is 28.8. The average Bonchev–Trinajstić information content (AvgIpc) is 3.47. The molecule has 0 spiro atoms. The number of hydroxylamine groups is 2. The van der Waals surface area contributed by atoms with Crippen molar-refractivity contribution in [2.24, 2.45) is 0 Å². The summed E-state index contributed by atoms with van der Waals surface area (Å²) in [5.74, 6) is -0.885. The van der Waals surface area contributed by atoms with Crippen LogP contribution in [0.3, 0.4) is 0 Å². The van der Waals surface area contributed by atoms with Gasteiger partial charge >= 0.3 is 5.97 Å². The third-order valence-corrected chi connectivity index (χ3v) is 7.78. The van der Waals surface area contributed by atoms with Gasteiger partial charge in [-0.3, -0.25) is 9.59 Å². The summed E-state index contributed by atoms with van der Waals surface area (Å²) in [5, 5.41) is 0.519. The Morgan fingerprint density at radius 1 is 0.825 bits per heavy atom. The van der Waals surface area contributed by atoms with Gasteiger partial charge in [-0.15, -0.1) is 5.06 Å². The maximum Gasteiger partial charge on any atom is 0.371 e. The zero-order valence-corrected chi connectivity index (χ0v) is 23.6. The van der Waals surface area contributed by atoms with Crippen LogP contribution in [0.2, 0.25) is 0 Å². The lowest BCUT2D eigenvalue weighted by Crippen LogP contribution is -2.32. The number of ether oxygens (including phenoxy) is 3. The summed E-state index contributed by atoms with van der Waals surface area (Å²) in [6.45, 7) is 1.60. The Labute approximate surface area is 234 Å². The fourth-order valence-electron chi connectivity index (χ4n) is 5.96. The highest BCUT2D eigenvalue weighted by atomic mass is 16.7. The standard InChI is InChI=1S/C31H37NO8/c1-19(33)10-8-9-13-21-18-22(15-14-20-11-6-5-7-12-20)25-26(21)29(38-3)30(39-4)27(28(25)37-2)31(36)40-32-23(34)16-17-24(32)35/h5-7,11-12,21-22H,8-10,13-18H2,1-4H3. The van der Waals surface area contributed by atoms with E-state index in [0.29, 0.717) is 23.0 Å². The maximum atomic E-state index is 13.5. The number of aryl methyl sites for hydroxylation is 1. The first-order valence-corrected chi connectivity index (χ1v) is 13.8. The molecule has 2 aromatic carbocycles. The molecule has 4 rings (SSSR count). The Bertz CT molecular complexity index is 1260. The van der Waals surface area contributed by atoms with Crippen molar-refractivity contribution in [1.29, 1.82) is 0 Å². The molecule has 1 saturated heterocycles. The lowest BCUT2D eigenvalue weighted by molar-refractivity contribution is -0.172. The highest BCUT2D eigenvalue weighted by molar-refractivity contribution is 6.04. The lowest BCUT2D eigenvalue weighted by atomic mass is 9.91. The molecular formula is C31H37NO8. The SMILES string of the molecule is COc1c(OC)c2c(c(OC)c1C(=O)ON1C(=O)CCC1=O)C(CCc1ccccc1)CC2CCCCC(C)=O. The molecule has 0 bridgehead atoms. The molecule has 0 saturated carbocycles. The minimum atomic E-state index is -0.926. The van der Waals surface area contributed by atoms with E-state index in [9.17, 15) is 19.2 Å². The number of carbonyl (C=O) groups excluding carboxylic acids is 4. The summed E-state index contributed by atoms with van der Waals surface area (Å²) >= 11 is 0. The number of imide groups is 1. The number of ketones is 1. The highest BCUT2D eigenvalue weighted by Gasteiger charge is 2.43. The minimum Gasteiger partial charge on any atom is -0.495 e. The molecular weight excluding hydrogens is 514 g/mol. The molecule has 1 heterocycles. The summed E-state index contributed by atoms with van der Waals surface area (Å²) in [6.07, 6.45) is 5.48. The van der Waals surface area contributed by atoms with Gasteiger partial charge in [0.1, 0.15) is 17.1 Å². The number of hydrogen-bond acceptors (Lipinski definition) is 8. The molecule has 2 amide bonds. The minimum absolute atomic E-state index is 0.0131. The van der Waals surface area contributed by atoms with Crippen LogP contribution in [0.5, 0.6) is 17.2 Å². The second-order valence-corrected chi connectivity index (χ2v) is 10.4. The number of carbonyl (C=O) groups is 4. The fourth-order valence-corrected chi connectivity index (χ4v) is 5.96. The molecule has 2 aromatic rings. The maximum absolute atomic E-state index is 13.5. The third-order valence-electron chi connectivity index (χ3n) is 7.78. The molecule has 0 N–H and O–H groups in total. The van der Waals surface area contributed by atoms with Crippen LogP contribution in [-0.4, -0.2) is 50.0 Å². The molecule has 2 atom stereocenters. The van der Waals surface area contributed by atoms with E-state index in [1.165, 1.54) is 26.9 Å². The van der Waals surface area contributed by atoms with Crippen LogP contribution >= 0.6 is 0 Å². The number of nitrogens with zero attached hydrogens (tertiary/aromatic N) is 1. The number of amides is 2. The van der Waals surface area contributed by atoms with E-state index in [-0.39, 0.29) is 41.8 Å². The first-order chi connectivity index (χ1) is 19.3. The van der Waals surface area contributed by atoms with Gasteiger partial charge in [0.25, 0.3) is 11.8 Å². The first-order valence-electron chi connectivity index (χ1n) is 13.8. The second-order valence-electron chi connectivity index (χ2n) is 10.4. The highest BCUT2D eigenvalue weighted by Crippen LogP contribution is 2.58. The third kappa shape index (κ3) is 5.98. The molecule has 214 valence electrons. The van der Waals surface area contributed by atoms with E-state index >= 15 is 0 Å². The van der Waals surface area contributed by atoms with Crippen LogP contribution < -0.4 is 14.2 Å². The molecule has 9 heteroatoms. The Hall–Kier alpha value is -3.88. The van der Waals surface area contributed by atoms with E-state index in [1.54, 1.807) is 6.92 Å². The molecule has 2 unspecified atom stereocenters. The molecule has 40 heavy (non-hydrogen) atoms. The molecule has 1 aliphatic heterocycles. The number of Topliss-reactive ketones (excluding diaryl/α,β-unsaturated/α-hetero) is 1. The van der Waals surface area contributed by atoms with Gasteiger partial charge in [0.05, 0.1) is 21.3 Å². The average molecular weight is 552 g/mol. The van der Waals surface area contributed by atoms with E-state index in [0.717, 1.165) is 49.7 Å². The molecule has 0 radical (unpaired) electrons. The van der Waals surface area contributed by atoms with Crippen molar-refractivity contribution in [3.05, 3.63) is 52.6 Å². The van der Waals surface area contributed by atoms with Crippen molar-refractivity contribution in [2.45, 2.75) is 76.5 Å². The second kappa shape index (κ2) is 13.0. The van der Waals surface area contributed by atoms with Crippen molar-refractivity contribution in [3.63, 3.8) is 0 Å². The zero-order valence-electron chi connectivity index (χ0n) is 23.6. The Morgan fingerprint density at radius 3 is 2.02 bits per heavy atom. The quantitative estimate of drug-likeness (QED) is 0.244.